The van der Waals surface area contributed by atoms with Crippen LogP contribution in [0.5, 0.6) is 0 Å². The largest absolute Gasteiger partial charge is 0.310 e. The minimum atomic E-state index is 0.304. The van der Waals surface area contributed by atoms with Crippen LogP contribution in [0, 0.1) is 13.8 Å². The Morgan fingerprint density at radius 1 is 1.32 bits per heavy atom. The van der Waals surface area contributed by atoms with Crippen LogP contribution in [-0.2, 0) is 6.42 Å². The fourth-order valence-corrected chi connectivity index (χ4v) is 2.99. The number of aryl methyl sites for hydroxylation is 2. The van der Waals surface area contributed by atoms with Gasteiger partial charge in [-0.25, -0.2) is 0 Å². The number of nitrogens with one attached hydrogen (secondary N) is 1. The van der Waals surface area contributed by atoms with Gasteiger partial charge in [-0.3, -0.25) is 0 Å². The molecule has 1 aliphatic heterocycles. The summed E-state index contributed by atoms with van der Waals surface area (Å²) in [6.45, 7) is 11.3. The molecule has 1 aromatic rings. The molecule has 2 nitrogen and oxygen atoms in total. The summed E-state index contributed by atoms with van der Waals surface area (Å²) in [5.41, 5.74) is 4.59. The summed E-state index contributed by atoms with van der Waals surface area (Å²) in [5, 5.41) is 3.60. The molecule has 0 spiro atoms. The summed E-state index contributed by atoms with van der Waals surface area (Å²) in [6.07, 6.45) is 2.40. The van der Waals surface area contributed by atoms with E-state index < -0.39 is 0 Å². The third-order valence-corrected chi connectivity index (χ3v) is 4.42. The molecule has 1 heterocycles. The van der Waals surface area contributed by atoms with Crippen LogP contribution in [-0.4, -0.2) is 36.6 Å². The van der Waals surface area contributed by atoms with Crippen molar-refractivity contribution in [3.05, 3.63) is 34.9 Å². The highest BCUT2D eigenvalue weighted by atomic mass is 15.2. The van der Waals surface area contributed by atoms with Crippen LogP contribution in [0.1, 0.15) is 37.0 Å². The molecule has 1 atom stereocenters. The van der Waals surface area contributed by atoms with E-state index in [0.717, 1.165) is 19.5 Å². The topological polar surface area (TPSA) is 15.3 Å². The minimum absolute atomic E-state index is 0.304. The van der Waals surface area contributed by atoms with Crippen molar-refractivity contribution in [1.82, 2.24) is 10.2 Å². The van der Waals surface area contributed by atoms with Crippen molar-refractivity contribution in [3.8, 4) is 0 Å². The molecule has 0 bridgehead atoms. The first-order valence-electron chi connectivity index (χ1n) is 7.39. The van der Waals surface area contributed by atoms with E-state index in [0.29, 0.717) is 11.6 Å². The van der Waals surface area contributed by atoms with Crippen molar-refractivity contribution in [2.75, 3.05) is 20.1 Å². The zero-order valence-electron chi connectivity index (χ0n) is 13.1. The van der Waals surface area contributed by atoms with Crippen molar-refractivity contribution in [3.63, 3.8) is 0 Å². The van der Waals surface area contributed by atoms with E-state index in [1.807, 2.05) is 0 Å². The van der Waals surface area contributed by atoms with Crippen molar-refractivity contribution < 1.29 is 0 Å². The number of rotatable bonds is 4. The average Bonchev–Trinajstić information content (AvgIpc) is 2.70. The highest BCUT2D eigenvalue weighted by Crippen LogP contribution is 2.21. The van der Waals surface area contributed by atoms with Gasteiger partial charge in [-0.05, 0) is 58.7 Å². The van der Waals surface area contributed by atoms with Gasteiger partial charge in [-0.1, -0.05) is 23.8 Å². The molecule has 0 aliphatic carbocycles. The predicted octanol–water partition coefficient (Wildman–Crippen LogP) is 2.92. The molecule has 1 aromatic carbocycles. The van der Waals surface area contributed by atoms with Gasteiger partial charge >= 0.3 is 0 Å². The van der Waals surface area contributed by atoms with Gasteiger partial charge in [0.25, 0.3) is 0 Å². The summed E-state index contributed by atoms with van der Waals surface area (Å²) in [6, 6.07) is 7.46. The highest BCUT2D eigenvalue weighted by Gasteiger charge is 2.32. The summed E-state index contributed by atoms with van der Waals surface area (Å²) in [5.74, 6) is 0. The molecular weight excluding hydrogens is 232 g/mol. The van der Waals surface area contributed by atoms with E-state index in [-0.39, 0.29) is 0 Å². The Morgan fingerprint density at radius 3 is 2.68 bits per heavy atom. The SMILES string of the molecule is Cc1ccc(C)c(CCN(C)C2CNC(C)(C)C2)c1. The first-order chi connectivity index (χ1) is 8.87. The number of benzene rings is 1. The molecule has 2 heteroatoms. The van der Waals surface area contributed by atoms with Gasteiger partial charge in [0.15, 0.2) is 0 Å². The van der Waals surface area contributed by atoms with E-state index in [2.05, 4.69) is 63.2 Å². The first-order valence-corrected chi connectivity index (χ1v) is 7.39. The lowest BCUT2D eigenvalue weighted by atomic mass is 10.00. The molecule has 0 amide bonds. The van der Waals surface area contributed by atoms with Crippen LogP contribution in [0.4, 0.5) is 0 Å². The Balaban J connectivity index is 1.90. The Morgan fingerprint density at radius 2 is 2.05 bits per heavy atom. The molecule has 106 valence electrons. The molecule has 1 saturated heterocycles. The number of nitrogens with zero attached hydrogens (tertiary/aromatic N) is 1. The summed E-state index contributed by atoms with van der Waals surface area (Å²) < 4.78 is 0. The Bertz CT molecular complexity index is 437. The number of likely N-dealkylation sites (N-methyl/N-ethyl adjacent to an activating group) is 1. The van der Waals surface area contributed by atoms with E-state index in [4.69, 9.17) is 0 Å². The second-order valence-electron chi connectivity index (χ2n) is 6.78. The maximum Gasteiger partial charge on any atom is 0.0235 e. The van der Waals surface area contributed by atoms with Crippen LogP contribution in [0.3, 0.4) is 0 Å². The van der Waals surface area contributed by atoms with Crippen molar-refractivity contribution in [1.29, 1.82) is 0 Å². The van der Waals surface area contributed by atoms with Crippen LogP contribution < -0.4 is 5.32 Å². The van der Waals surface area contributed by atoms with Gasteiger partial charge in [0.05, 0.1) is 0 Å². The Kier molecular flexibility index (Phi) is 4.32. The molecule has 1 fully saturated rings. The van der Waals surface area contributed by atoms with Crippen molar-refractivity contribution in [2.24, 2.45) is 0 Å². The third kappa shape index (κ3) is 3.80. The van der Waals surface area contributed by atoms with Gasteiger partial charge in [0.1, 0.15) is 0 Å². The van der Waals surface area contributed by atoms with Gasteiger partial charge in [-0.2, -0.15) is 0 Å². The van der Waals surface area contributed by atoms with Gasteiger partial charge < -0.3 is 10.2 Å². The quantitative estimate of drug-likeness (QED) is 0.895. The molecule has 0 radical (unpaired) electrons. The van der Waals surface area contributed by atoms with Crippen molar-refractivity contribution in [2.45, 2.75) is 52.1 Å². The minimum Gasteiger partial charge on any atom is -0.310 e. The molecule has 0 aromatic heterocycles. The zero-order valence-corrected chi connectivity index (χ0v) is 13.1. The molecule has 0 saturated carbocycles. The third-order valence-electron chi connectivity index (χ3n) is 4.42. The van der Waals surface area contributed by atoms with E-state index in [9.17, 15) is 0 Å². The second-order valence-corrected chi connectivity index (χ2v) is 6.78. The van der Waals surface area contributed by atoms with Gasteiger partial charge in [0, 0.05) is 24.7 Å². The number of hydrogen-bond donors (Lipinski definition) is 1. The summed E-state index contributed by atoms with van der Waals surface area (Å²) >= 11 is 0. The van der Waals surface area contributed by atoms with E-state index in [1.54, 1.807) is 0 Å². The lowest BCUT2D eigenvalue weighted by Gasteiger charge is -2.25. The lowest BCUT2D eigenvalue weighted by molar-refractivity contribution is 0.251. The first kappa shape index (κ1) is 14.5. The van der Waals surface area contributed by atoms with Crippen molar-refractivity contribution >= 4 is 0 Å². The molecular formula is C17H28N2. The number of hydrogen-bond acceptors (Lipinski definition) is 2. The standard InChI is InChI=1S/C17H28N2/c1-13-6-7-14(2)15(10-13)8-9-19(5)16-11-17(3,4)18-12-16/h6-7,10,16,18H,8-9,11-12H2,1-5H3. The zero-order chi connectivity index (χ0) is 14.0. The van der Waals surface area contributed by atoms with Gasteiger partial charge in [-0.15, -0.1) is 0 Å². The lowest BCUT2D eigenvalue weighted by Crippen LogP contribution is -2.34. The average molecular weight is 260 g/mol. The van der Waals surface area contributed by atoms with Crippen LogP contribution >= 0.6 is 0 Å². The normalized spacial score (nSPS) is 22.1. The summed E-state index contributed by atoms with van der Waals surface area (Å²) in [4.78, 5) is 2.52. The molecule has 1 aliphatic rings. The maximum atomic E-state index is 3.60. The fraction of sp³-hybridized carbons (Fsp3) is 0.647. The summed E-state index contributed by atoms with van der Waals surface area (Å²) in [7, 11) is 2.26. The molecule has 1 unspecified atom stereocenters. The fourth-order valence-electron chi connectivity index (χ4n) is 2.99. The van der Waals surface area contributed by atoms with Gasteiger partial charge in [0.2, 0.25) is 0 Å². The maximum absolute atomic E-state index is 3.60. The predicted molar refractivity (Wildman–Crippen MR) is 82.7 cm³/mol. The smallest absolute Gasteiger partial charge is 0.0235 e. The van der Waals surface area contributed by atoms with E-state index in [1.165, 1.54) is 23.1 Å². The molecule has 1 N–H and O–H groups in total. The monoisotopic (exact) mass is 260 g/mol. The Labute approximate surface area is 118 Å². The van der Waals surface area contributed by atoms with Crippen LogP contribution in [0.2, 0.25) is 0 Å². The molecule has 2 rings (SSSR count). The highest BCUT2D eigenvalue weighted by molar-refractivity contribution is 5.30. The molecule has 19 heavy (non-hydrogen) atoms. The second kappa shape index (κ2) is 5.64. The van der Waals surface area contributed by atoms with E-state index >= 15 is 0 Å². The Hall–Kier alpha value is -0.860. The van der Waals surface area contributed by atoms with Crippen LogP contribution in [0.25, 0.3) is 0 Å². The van der Waals surface area contributed by atoms with Crippen LogP contribution in [0.15, 0.2) is 18.2 Å².